The van der Waals surface area contributed by atoms with E-state index in [0.717, 1.165) is 42.5 Å². The Hall–Kier alpha value is -2.85. The first-order chi connectivity index (χ1) is 24.0. The average molecular weight is 895 g/mol. The number of aliphatic hydroxyl groups excluding tert-OH is 1. The van der Waals surface area contributed by atoms with E-state index in [1.54, 1.807) is 10.4 Å². The van der Waals surface area contributed by atoms with Crippen molar-refractivity contribution in [2.75, 3.05) is 0 Å². The van der Waals surface area contributed by atoms with Gasteiger partial charge in [-0.1, -0.05) is 117 Å². The summed E-state index contributed by atoms with van der Waals surface area (Å²) in [5.74, 6) is 0.547. The molecule has 0 amide bonds. The average Bonchev–Trinajstić information content (AvgIpc) is 3.51. The van der Waals surface area contributed by atoms with Gasteiger partial charge in [-0.3, -0.25) is 9.78 Å². The van der Waals surface area contributed by atoms with Crippen molar-refractivity contribution >= 4 is 48.9 Å². The molecule has 1 radical (unpaired) electrons. The summed E-state index contributed by atoms with van der Waals surface area (Å²) in [5, 5.41) is 14.9. The Bertz CT molecular complexity index is 2090. The van der Waals surface area contributed by atoms with E-state index >= 15 is 0 Å². The van der Waals surface area contributed by atoms with E-state index in [-0.39, 0.29) is 59.7 Å². The molecule has 281 valence electrons. The summed E-state index contributed by atoms with van der Waals surface area (Å²) in [4.78, 5) is 18.6. The number of allylic oxidation sites excluding steroid dienone is 2. The topological polar surface area (TPSA) is 50.2 Å². The number of ketones is 1. The second kappa shape index (κ2) is 16.3. The predicted molar refractivity (Wildman–Crippen MR) is 221 cm³/mol. The van der Waals surface area contributed by atoms with Crippen LogP contribution in [0.3, 0.4) is 0 Å². The van der Waals surface area contributed by atoms with Crippen LogP contribution in [0.25, 0.3) is 43.0 Å². The van der Waals surface area contributed by atoms with Gasteiger partial charge in [-0.2, -0.15) is 0 Å². The quantitative estimate of drug-likeness (QED) is 0.0959. The van der Waals surface area contributed by atoms with Crippen LogP contribution in [-0.2, 0) is 41.1 Å². The summed E-state index contributed by atoms with van der Waals surface area (Å²) < 4.78 is 1.33. The second-order valence-corrected chi connectivity index (χ2v) is 18.2. The molecule has 6 rings (SSSR count). The van der Waals surface area contributed by atoms with Crippen molar-refractivity contribution in [2.45, 2.75) is 138 Å². The first kappa shape index (κ1) is 41.9. The van der Waals surface area contributed by atoms with E-state index in [0.29, 0.717) is 0 Å². The molecule has 52 heavy (non-hydrogen) atoms. The largest absolute Gasteiger partial charge is 0.512 e. The zero-order chi connectivity index (χ0) is 37.5. The number of fused-ring (bicyclic) bond motifs is 6. The third-order valence-corrected chi connectivity index (χ3v) is 12.9. The van der Waals surface area contributed by atoms with Crippen molar-refractivity contribution in [2.24, 2.45) is 11.8 Å². The van der Waals surface area contributed by atoms with Gasteiger partial charge in [-0.15, -0.1) is 40.5 Å². The first-order valence-electron chi connectivity index (χ1n) is 19.2. The van der Waals surface area contributed by atoms with Crippen LogP contribution in [-0.4, -0.2) is 15.9 Å². The molecule has 0 bridgehead atoms. The van der Waals surface area contributed by atoms with E-state index in [9.17, 15) is 9.90 Å². The molecule has 0 fully saturated rings. The molecule has 0 unspecified atom stereocenters. The normalized spacial score (nSPS) is 15.5. The monoisotopic (exact) mass is 895 g/mol. The van der Waals surface area contributed by atoms with Crippen LogP contribution >= 0.6 is 11.3 Å². The summed E-state index contributed by atoms with van der Waals surface area (Å²) in [5.41, 5.74) is 7.81. The number of benzene rings is 3. The van der Waals surface area contributed by atoms with Crippen molar-refractivity contribution in [1.82, 2.24) is 4.98 Å². The number of pyridine rings is 1. The summed E-state index contributed by atoms with van der Waals surface area (Å²) in [6.07, 6.45) is 7.33. The first-order valence-corrected chi connectivity index (χ1v) is 20.1. The molecule has 0 aliphatic heterocycles. The van der Waals surface area contributed by atoms with Crippen LogP contribution in [0, 0.1) is 24.8 Å². The number of aryl methyl sites for hydroxylation is 1. The standard InChI is InChI=1S/C34H36NS.C13H24O2.Ir/c1-20-13-14-26-24(17-20)27-28-31(34(7,8)16-15-33(28,5)6)36-30(27)29(35-26)22-18-21-11-9-10-12-23(21)25(19-22)32(2,3)4;1-5-10(6-2)12(14)9-13(15)11(7-3)8-4;/h9-14,17,19H,15-16H2,1-8H3;9-11,14H,5-8H2,1-4H3;/q-1;;/b;12-9-;. The molecule has 3 nitrogen and oxygen atoms in total. The van der Waals surface area contributed by atoms with Gasteiger partial charge in [0, 0.05) is 64.1 Å². The van der Waals surface area contributed by atoms with Crippen LogP contribution in [0.2, 0.25) is 0 Å². The van der Waals surface area contributed by atoms with Crippen LogP contribution in [0.5, 0.6) is 0 Å². The maximum absolute atomic E-state index is 11.7. The number of aromatic nitrogens is 1. The van der Waals surface area contributed by atoms with Gasteiger partial charge in [0.1, 0.15) is 0 Å². The molecule has 2 aromatic heterocycles. The molecule has 2 heterocycles. The molecule has 1 N–H and O–H groups in total. The Morgan fingerprint density at radius 3 is 2.13 bits per heavy atom. The van der Waals surface area contributed by atoms with Gasteiger partial charge < -0.3 is 5.11 Å². The minimum absolute atomic E-state index is 0. The number of carbonyl (C=O) groups is 1. The maximum atomic E-state index is 11.7. The Labute approximate surface area is 331 Å². The number of thiophene rings is 1. The van der Waals surface area contributed by atoms with Crippen LogP contribution in [0.4, 0.5) is 0 Å². The third kappa shape index (κ3) is 8.28. The Morgan fingerprint density at radius 1 is 0.904 bits per heavy atom. The third-order valence-electron chi connectivity index (χ3n) is 11.4. The molecular weight excluding hydrogens is 835 g/mol. The van der Waals surface area contributed by atoms with E-state index in [2.05, 4.69) is 110 Å². The van der Waals surface area contributed by atoms with Gasteiger partial charge in [0.15, 0.2) is 5.78 Å². The van der Waals surface area contributed by atoms with Crippen LogP contribution in [0.15, 0.2) is 60.4 Å². The zero-order valence-corrected chi connectivity index (χ0v) is 36.8. The van der Waals surface area contributed by atoms with Crippen molar-refractivity contribution < 1.29 is 30.0 Å². The van der Waals surface area contributed by atoms with Crippen molar-refractivity contribution in [1.29, 1.82) is 0 Å². The number of carbonyl (C=O) groups excluding carboxylic acids is 1. The molecule has 0 saturated heterocycles. The number of hydrogen-bond donors (Lipinski definition) is 1. The van der Waals surface area contributed by atoms with E-state index < -0.39 is 0 Å². The summed E-state index contributed by atoms with van der Waals surface area (Å²) in [6, 6.07) is 21.6. The van der Waals surface area contributed by atoms with Crippen LogP contribution in [0.1, 0.15) is 136 Å². The molecule has 0 atom stereocenters. The van der Waals surface area contributed by atoms with Crippen LogP contribution < -0.4 is 0 Å². The fourth-order valence-corrected chi connectivity index (χ4v) is 9.53. The van der Waals surface area contributed by atoms with Gasteiger partial charge >= 0.3 is 0 Å². The van der Waals surface area contributed by atoms with Crippen molar-refractivity contribution in [3.63, 3.8) is 0 Å². The number of aliphatic hydroxyl groups is 1. The molecule has 1 aliphatic carbocycles. The maximum Gasteiger partial charge on any atom is 0.162 e. The SMILES string of the molecule is CCC(CC)C(=O)/C=C(\O)C(CC)CC.Cc1ccc2nc(-c3[c-]c4ccccc4c(C(C)(C)C)c3)c3sc4c(c3c2c1)C(C)(C)CCC4(C)C.[Ir]. The molecule has 0 saturated carbocycles. The van der Waals surface area contributed by atoms with Gasteiger partial charge in [-0.25, -0.2) is 0 Å². The summed E-state index contributed by atoms with van der Waals surface area (Å²) >= 11 is 1.99. The minimum atomic E-state index is 0. The smallest absolute Gasteiger partial charge is 0.162 e. The Morgan fingerprint density at radius 2 is 1.52 bits per heavy atom. The van der Waals surface area contributed by atoms with Crippen molar-refractivity contribution in [3.05, 3.63) is 88.0 Å². The van der Waals surface area contributed by atoms with Gasteiger partial charge in [0.25, 0.3) is 0 Å². The predicted octanol–water partition coefficient (Wildman–Crippen LogP) is 13.9. The fourth-order valence-electron chi connectivity index (χ4n) is 7.90. The van der Waals surface area contributed by atoms with Gasteiger partial charge in [0.05, 0.1) is 11.3 Å². The number of rotatable bonds is 8. The molecule has 3 aromatic carbocycles. The number of hydrogen-bond acceptors (Lipinski definition) is 4. The zero-order valence-electron chi connectivity index (χ0n) is 33.6. The molecule has 5 aromatic rings. The summed E-state index contributed by atoms with van der Waals surface area (Å²) in [6.45, 7) is 26.9. The second-order valence-electron chi connectivity index (χ2n) is 17.1. The molecular formula is C47H60IrNO2S-. The molecule has 1 aliphatic rings. The number of nitrogens with zero attached hydrogens (tertiary/aromatic N) is 1. The van der Waals surface area contributed by atoms with Gasteiger partial charge in [-0.05, 0) is 79.4 Å². The van der Waals surface area contributed by atoms with E-state index in [1.807, 2.05) is 39.0 Å². The summed E-state index contributed by atoms with van der Waals surface area (Å²) in [7, 11) is 0. The molecule has 5 heteroatoms. The van der Waals surface area contributed by atoms with E-state index in [4.69, 9.17) is 4.98 Å². The van der Waals surface area contributed by atoms with Crippen molar-refractivity contribution in [3.8, 4) is 11.3 Å². The Balaban J connectivity index is 0.000000323. The van der Waals surface area contributed by atoms with E-state index in [1.165, 1.54) is 56.3 Å². The fraction of sp³-hybridized carbons (Fsp3) is 0.489. The Kier molecular flexibility index (Phi) is 13.1. The molecule has 0 spiro atoms. The minimum Gasteiger partial charge on any atom is -0.512 e. The van der Waals surface area contributed by atoms with Gasteiger partial charge in [0.2, 0.25) is 0 Å².